The normalized spacial score (nSPS) is 16.5. The molecule has 1 aliphatic rings. The van der Waals surface area contributed by atoms with Crippen molar-refractivity contribution in [2.24, 2.45) is 0 Å². The highest BCUT2D eigenvalue weighted by Crippen LogP contribution is 2.34. The maximum absolute atomic E-state index is 13.1. The van der Waals surface area contributed by atoms with Gasteiger partial charge >= 0.3 is 0 Å². The number of amides is 1. The second-order valence-electron chi connectivity index (χ2n) is 7.79. The smallest absolute Gasteiger partial charge is 0.227 e. The van der Waals surface area contributed by atoms with Gasteiger partial charge in [0, 0.05) is 38.9 Å². The highest BCUT2D eigenvalue weighted by molar-refractivity contribution is 5.94. The first kappa shape index (κ1) is 21.5. The fourth-order valence-corrected chi connectivity index (χ4v) is 4.25. The number of likely N-dealkylation sites (tertiary alicyclic amines) is 1. The Bertz CT molecular complexity index is 771. The van der Waals surface area contributed by atoms with E-state index in [2.05, 4.69) is 4.90 Å². The first-order valence-electron chi connectivity index (χ1n) is 10.4. The lowest BCUT2D eigenvalue weighted by Crippen LogP contribution is -2.60. The number of halogens is 1. The molecule has 0 bridgehead atoms. The summed E-state index contributed by atoms with van der Waals surface area (Å²) in [5.41, 5.74) is 1.76. The molecule has 156 valence electrons. The highest BCUT2D eigenvalue weighted by Gasteiger charge is 2.42. The topological polar surface area (TPSA) is 32.8 Å². The summed E-state index contributed by atoms with van der Waals surface area (Å²) in [6.45, 7) is 5.19. The van der Waals surface area contributed by atoms with Crippen molar-refractivity contribution < 1.29 is 13.9 Å². The summed E-state index contributed by atoms with van der Waals surface area (Å²) in [5, 5.41) is 0. The predicted octanol–water partition coefficient (Wildman–Crippen LogP) is 4.29. The molecular weight excluding hydrogens is 367 g/mol. The number of para-hydroxylation sites is 1. The van der Waals surface area contributed by atoms with Gasteiger partial charge in [0.25, 0.3) is 0 Å². The van der Waals surface area contributed by atoms with Crippen molar-refractivity contribution in [3.8, 4) is 0 Å². The van der Waals surface area contributed by atoms with Gasteiger partial charge < -0.3 is 14.5 Å². The minimum atomic E-state index is -0.324. The average Bonchev–Trinajstić information content (AvgIpc) is 2.75. The third kappa shape index (κ3) is 5.22. The maximum atomic E-state index is 13.1. The minimum absolute atomic E-state index is 0.132. The van der Waals surface area contributed by atoms with E-state index in [0.717, 1.165) is 50.1 Å². The third-order valence-corrected chi connectivity index (χ3v) is 5.87. The Labute approximate surface area is 173 Å². The average molecular weight is 399 g/mol. The van der Waals surface area contributed by atoms with Crippen molar-refractivity contribution in [3.63, 3.8) is 0 Å². The van der Waals surface area contributed by atoms with E-state index >= 15 is 0 Å². The fraction of sp³-hybridized carbons (Fsp3) is 0.458. The van der Waals surface area contributed by atoms with Crippen LogP contribution in [-0.4, -0.2) is 49.7 Å². The molecule has 0 N–H and O–H groups in total. The monoisotopic (exact) mass is 398 g/mol. The minimum Gasteiger partial charge on any atom is -0.382 e. The van der Waals surface area contributed by atoms with Gasteiger partial charge in [-0.05, 0) is 49.1 Å². The number of anilines is 1. The molecule has 3 rings (SSSR count). The molecule has 4 nitrogen and oxygen atoms in total. The number of benzene rings is 2. The number of hydrogen-bond donors (Lipinski definition) is 0. The van der Waals surface area contributed by atoms with Crippen molar-refractivity contribution >= 4 is 11.6 Å². The molecule has 5 heteroatoms. The molecule has 2 aromatic rings. The SMILES string of the molecule is CCC(=O)N(c1ccccc1)C1(COC)CCN(CCc2ccc(F)cc2)CC1. The van der Waals surface area contributed by atoms with Crippen LogP contribution in [0.5, 0.6) is 0 Å². The van der Waals surface area contributed by atoms with Gasteiger partial charge in [-0.2, -0.15) is 0 Å². The molecule has 1 saturated heterocycles. The van der Waals surface area contributed by atoms with Gasteiger partial charge in [-0.1, -0.05) is 37.3 Å². The zero-order valence-corrected chi connectivity index (χ0v) is 17.4. The lowest BCUT2D eigenvalue weighted by Gasteiger charge is -2.48. The van der Waals surface area contributed by atoms with Crippen LogP contribution in [-0.2, 0) is 16.0 Å². The van der Waals surface area contributed by atoms with Crippen LogP contribution in [0.15, 0.2) is 54.6 Å². The largest absolute Gasteiger partial charge is 0.382 e. The molecule has 0 aliphatic carbocycles. The van der Waals surface area contributed by atoms with Gasteiger partial charge in [0.05, 0.1) is 12.1 Å². The quantitative estimate of drug-likeness (QED) is 0.665. The van der Waals surface area contributed by atoms with Crippen LogP contribution in [0, 0.1) is 5.82 Å². The lowest BCUT2D eigenvalue weighted by molar-refractivity contribution is -0.120. The van der Waals surface area contributed by atoms with E-state index < -0.39 is 0 Å². The standard InChI is InChI=1S/C24H31FN2O2/c1-3-23(28)27(22-7-5-4-6-8-22)24(19-29-2)14-17-26(18-15-24)16-13-20-9-11-21(25)12-10-20/h4-12H,3,13-19H2,1-2H3. The molecule has 0 radical (unpaired) electrons. The first-order chi connectivity index (χ1) is 14.1. The van der Waals surface area contributed by atoms with Gasteiger partial charge in [0.15, 0.2) is 0 Å². The lowest BCUT2D eigenvalue weighted by atomic mass is 9.85. The van der Waals surface area contributed by atoms with Crippen LogP contribution >= 0.6 is 0 Å². The van der Waals surface area contributed by atoms with Gasteiger partial charge in [-0.25, -0.2) is 4.39 Å². The summed E-state index contributed by atoms with van der Waals surface area (Å²) in [6, 6.07) is 16.7. The van der Waals surface area contributed by atoms with E-state index in [1.165, 1.54) is 12.1 Å². The van der Waals surface area contributed by atoms with Gasteiger partial charge in [0.2, 0.25) is 5.91 Å². The van der Waals surface area contributed by atoms with Gasteiger partial charge in [0.1, 0.15) is 5.82 Å². The highest BCUT2D eigenvalue weighted by atomic mass is 19.1. The molecule has 2 aromatic carbocycles. The van der Waals surface area contributed by atoms with Crippen LogP contribution in [0.25, 0.3) is 0 Å². The van der Waals surface area contributed by atoms with Crippen LogP contribution in [0.3, 0.4) is 0 Å². The maximum Gasteiger partial charge on any atom is 0.227 e. The summed E-state index contributed by atoms with van der Waals surface area (Å²) in [6.07, 6.45) is 3.10. The van der Waals surface area contributed by atoms with Crippen molar-refractivity contribution in [2.45, 2.75) is 38.1 Å². The van der Waals surface area contributed by atoms with E-state index in [0.29, 0.717) is 13.0 Å². The van der Waals surface area contributed by atoms with Gasteiger partial charge in [-0.3, -0.25) is 4.79 Å². The molecule has 0 aromatic heterocycles. The van der Waals surface area contributed by atoms with E-state index in [1.807, 2.05) is 54.3 Å². The van der Waals surface area contributed by atoms with Gasteiger partial charge in [-0.15, -0.1) is 0 Å². The predicted molar refractivity (Wildman–Crippen MR) is 115 cm³/mol. The van der Waals surface area contributed by atoms with Crippen molar-refractivity contribution in [2.75, 3.05) is 38.3 Å². The molecule has 29 heavy (non-hydrogen) atoms. The van der Waals surface area contributed by atoms with Crippen molar-refractivity contribution in [3.05, 3.63) is 66.0 Å². The molecule has 1 fully saturated rings. The first-order valence-corrected chi connectivity index (χ1v) is 10.4. The summed E-state index contributed by atoms with van der Waals surface area (Å²) < 4.78 is 18.7. The number of carbonyl (C=O) groups is 1. The number of nitrogens with zero attached hydrogens (tertiary/aromatic N) is 2. The summed E-state index contributed by atoms with van der Waals surface area (Å²) >= 11 is 0. The van der Waals surface area contributed by atoms with Crippen LogP contribution in [0.1, 0.15) is 31.7 Å². The Hall–Kier alpha value is -2.24. The zero-order chi connectivity index (χ0) is 20.7. The second-order valence-corrected chi connectivity index (χ2v) is 7.79. The number of methoxy groups -OCH3 is 1. The molecule has 0 spiro atoms. The van der Waals surface area contributed by atoms with Crippen molar-refractivity contribution in [1.82, 2.24) is 4.90 Å². The summed E-state index contributed by atoms with van der Waals surface area (Å²) in [4.78, 5) is 17.3. The Morgan fingerprint density at radius 1 is 1.10 bits per heavy atom. The number of ether oxygens (including phenoxy) is 1. The molecule has 1 aliphatic heterocycles. The molecular formula is C24H31FN2O2. The zero-order valence-electron chi connectivity index (χ0n) is 17.4. The number of rotatable bonds is 8. The number of carbonyl (C=O) groups excluding carboxylic acids is 1. The van der Waals surface area contributed by atoms with E-state index in [4.69, 9.17) is 4.74 Å². The third-order valence-electron chi connectivity index (χ3n) is 5.87. The fourth-order valence-electron chi connectivity index (χ4n) is 4.25. The van der Waals surface area contributed by atoms with E-state index in [1.54, 1.807) is 7.11 Å². The Kier molecular flexibility index (Phi) is 7.40. The Morgan fingerprint density at radius 3 is 2.34 bits per heavy atom. The molecule has 1 heterocycles. The van der Waals surface area contributed by atoms with Crippen LogP contribution < -0.4 is 4.90 Å². The van der Waals surface area contributed by atoms with Crippen molar-refractivity contribution in [1.29, 1.82) is 0 Å². The Balaban J connectivity index is 1.70. The number of piperidine rings is 1. The van der Waals surface area contributed by atoms with E-state index in [9.17, 15) is 9.18 Å². The van der Waals surface area contributed by atoms with Crippen LogP contribution in [0.4, 0.5) is 10.1 Å². The number of hydrogen-bond acceptors (Lipinski definition) is 3. The van der Waals surface area contributed by atoms with Crippen LogP contribution in [0.2, 0.25) is 0 Å². The van der Waals surface area contributed by atoms with E-state index in [-0.39, 0.29) is 17.3 Å². The summed E-state index contributed by atoms with van der Waals surface area (Å²) in [5.74, 6) is -0.0642. The molecule has 0 saturated carbocycles. The Morgan fingerprint density at radius 2 is 1.76 bits per heavy atom. The molecule has 0 unspecified atom stereocenters. The molecule has 0 atom stereocenters. The summed E-state index contributed by atoms with van der Waals surface area (Å²) in [7, 11) is 1.71. The second kappa shape index (κ2) is 9.99. The molecule has 1 amide bonds.